The number of hydrogen-bond acceptors (Lipinski definition) is 3. The zero-order valence-corrected chi connectivity index (χ0v) is 15.4. The molecule has 0 aromatic heterocycles. The third kappa shape index (κ3) is 3.72. The molecule has 0 aliphatic carbocycles. The molecule has 1 heterocycles. The zero-order chi connectivity index (χ0) is 18.7. The molecule has 7 heteroatoms. The van der Waals surface area contributed by atoms with Crippen molar-refractivity contribution in [2.75, 3.05) is 18.5 Å². The molecule has 1 amide bonds. The van der Waals surface area contributed by atoms with E-state index in [0.29, 0.717) is 18.5 Å². The van der Waals surface area contributed by atoms with E-state index in [2.05, 4.69) is 15.9 Å². The van der Waals surface area contributed by atoms with E-state index in [0.717, 1.165) is 11.1 Å². The highest BCUT2D eigenvalue weighted by atomic mass is 79.9. The maximum absolute atomic E-state index is 14.0. The van der Waals surface area contributed by atoms with Crippen LogP contribution in [0.1, 0.15) is 22.7 Å². The van der Waals surface area contributed by atoms with Gasteiger partial charge in [-0.3, -0.25) is 4.79 Å². The summed E-state index contributed by atoms with van der Waals surface area (Å²) in [5.74, 6) is -1.48. The maximum Gasteiger partial charge on any atom is 0.341 e. The Hall–Kier alpha value is -2.41. The fraction of sp³-hybridized carbons (Fsp3) is 0.263. The Morgan fingerprint density at radius 3 is 2.73 bits per heavy atom. The van der Waals surface area contributed by atoms with Crippen LogP contribution in [-0.2, 0) is 16.0 Å². The van der Waals surface area contributed by atoms with Crippen molar-refractivity contribution in [2.45, 2.75) is 12.5 Å². The Balaban J connectivity index is 2.12. The van der Waals surface area contributed by atoms with E-state index in [-0.39, 0.29) is 17.0 Å². The number of carbonyl (C=O) groups excluding carboxylic acids is 1. The smallest absolute Gasteiger partial charge is 0.341 e. The molecular weight excluding hydrogens is 405 g/mol. The van der Waals surface area contributed by atoms with Gasteiger partial charge in [0.25, 0.3) is 0 Å². The van der Waals surface area contributed by atoms with E-state index in [1.165, 1.54) is 18.2 Å². The Labute approximate surface area is 158 Å². The number of ether oxygens (including phenoxy) is 1. The summed E-state index contributed by atoms with van der Waals surface area (Å²) in [4.78, 5) is 25.0. The Morgan fingerprint density at radius 2 is 2.00 bits per heavy atom. The highest BCUT2D eigenvalue weighted by Crippen LogP contribution is 2.39. The molecule has 2 aromatic carbocycles. The number of benzene rings is 2. The number of aliphatic carboxylic acids is 1. The summed E-state index contributed by atoms with van der Waals surface area (Å²) in [6.07, 6.45) is 0.700. The SMILES string of the molecule is O=C(O)COc1ccc(F)cc1C1c2ccccc2CCN1C(=O)CBr. The standard InChI is InChI=1S/C19H17BrFNO4/c20-10-17(23)22-8-7-12-3-1-2-4-14(12)19(22)15-9-13(21)5-6-16(15)26-11-18(24)25/h1-6,9,19H,7-8,10-11H2,(H,24,25). The van der Waals surface area contributed by atoms with E-state index in [1.807, 2.05) is 24.3 Å². The van der Waals surface area contributed by atoms with Gasteiger partial charge in [0.2, 0.25) is 5.91 Å². The van der Waals surface area contributed by atoms with E-state index in [9.17, 15) is 14.0 Å². The molecule has 1 aliphatic rings. The number of carboxylic acid groups (broad SMARTS) is 1. The summed E-state index contributed by atoms with van der Waals surface area (Å²) in [6, 6.07) is 11.1. The first-order valence-corrected chi connectivity index (χ1v) is 9.20. The second kappa shape index (κ2) is 7.86. The molecule has 2 aromatic rings. The average Bonchev–Trinajstić information content (AvgIpc) is 2.65. The van der Waals surface area contributed by atoms with Gasteiger partial charge in [-0.2, -0.15) is 0 Å². The van der Waals surface area contributed by atoms with Crippen molar-refractivity contribution >= 4 is 27.8 Å². The number of amides is 1. The molecule has 0 bridgehead atoms. The number of hydrogen-bond donors (Lipinski definition) is 1. The minimum Gasteiger partial charge on any atom is -0.482 e. The van der Waals surface area contributed by atoms with Gasteiger partial charge < -0.3 is 14.7 Å². The van der Waals surface area contributed by atoms with Crippen LogP contribution < -0.4 is 4.74 Å². The number of fused-ring (bicyclic) bond motifs is 1. The maximum atomic E-state index is 14.0. The molecule has 3 rings (SSSR count). The lowest BCUT2D eigenvalue weighted by molar-refractivity contribution is -0.139. The van der Waals surface area contributed by atoms with E-state index in [4.69, 9.17) is 9.84 Å². The molecule has 1 atom stereocenters. The quantitative estimate of drug-likeness (QED) is 0.752. The van der Waals surface area contributed by atoms with E-state index in [1.54, 1.807) is 4.90 Å². The van der Waals surface area contributed by atoms with Gasteiger partial charge in [-0.1, -0.05) is 40.2 Å². The molecule has 26 heavy (non-hydrogen) atoms. The summed E-state index contributed by atoms with van der Waals surface area (Å²) in [5.41, 5.74) is 2.40. The van der Waals surface area contributed by atoms with Crippen LogP contribution in [0, 0.1) is 5.82 Å². The van der Waals surface area contributed by atoms with Crippen molar-refractivity contribution in [1.82, 2.24) is 4.90 Å². The molecule has 0 fully saturated rings. The molecule has 0 saturated carbocycles. The van der Waals surface area contributed by atoms with Gasteiger partial charge >= 0.3 is 5.97 Å². The van der Waals surface area contributed by atoms with Gasteiger partial charge in [-0.15, -0.1) is 0 Å². The largest absolute Gasteiger partial charge is 0.482 e. The second-order valence-corrected chi connectivity index (χ2v) is 6.50. The molecule has 1 N–H and O–H groups in total. The van der Waals surface area contributed by atoms with Gasteiger partial charge in [0.15, 0.2) is 6.61 Å². The van der Waals surface area contributed by atoms with Crippen molar-refractivity contribution in [3.05, 3.63) is 65.0 Å². The lowest BCUT2D eigenvalue weighted by atomic mass is 9.87. The monoisotopic (exact) mass is 421 g/mol. The fourth-order valence-corrected chi connectivity index (χ4v) is 3.57. The minimum absolute atomic E-state index is 0.127. The number of carbonyl (C=O) groups is 2. The number of alkyl halides is 1. The minimum atomic E-state index is -1.13. The molecule has 5 nitrogen and oxygen atoms in total. The van der Waals surface area contributed by atoms with Crippen LogP contribution >= 0.6 is 15.9 Å². The van der Waals surface area contributed by atoms with Crippen LogP contribution in [0.3, 0.4) is 0 Å². The molecule has 0 saturated heterocycles. The van der Waals surface area contributed by atoms with Crippen LogP contribution in [0.25, 0.3) is 0 Å². The van der Waals surface area contributed by atoms with Crippen molar-refractivity contribution in [3.8, 4) is 5.75 Å². The van der Waals surface area contributed by atoms with Crippen LogP contribution in [0.5, 0.6) is 5.75 Å². The van der Waals surface area contributed by atoms with Crippen LogP contribution in [-0.4, -0.2) is 40.4 Å². The first-order valence-electron chi connectivity index (χ1n) is 8.08. The number of nitrogens with zero attached hydrogens (tertiary/aromatic N) is 1. The zero-order valence-electron chi connectivity index (χ0n) is 13.8. The highest BCUT2D eigenvalue weighted by molar-refractivity contribution is 9.09. The third-order valence-corrected chi connectivity index (χ3v) is 4.82. The summed E-state index contributed by atoms with van der Waals surface area (Å²) in [5, 5.41) is 9.04. The van der Waals surface area contributed by atoms with Crippen molar-refractivity contribution in [1.29, 1.82) is 0 Å². The molecule has 1 unspecified atom stereocenters. The average molecular weight is 422 g/mol. The third-order valence-electron chi connectivity index (χ3n) is 4.34. The molecular formula is C19H17BrFNO4. The van der Waals surface area contributed by atoms with Crippen LogP contribution in [0.2, 0.25) is 0 Å². The highest BCUT2D eigenvalue weighted by Gasteiger charge is 2.33. The topological polar surface area (TPSA) is 66.8 Å². The van der Waals surface area contributed by atoms with Crippen molar-refractivity contribution < 1.29 is 23.8 Å². The fourth-order valence-electron chi connectivity index (χ4n) is 3.25. The van der Waals surface area contributed by atoms with Gasteiger partial charge in [-0.05, 0) is 35.7 Å². The lowest BCUT2D eigenvalue weighted by Gasteiger charge is -2.38. The van der Waals surface area contributed by atoms with E-state index >= 15 is 0 Å². The van der Waals surface area contributed by atoms with Gasteiger partial charge in [0, 0.05) is 12.1 Å². The summed E-state index contributed by atoms with van der Waals surface area (Å²) in [6.45, 7) is -0.0552. The predicted octanol–water partition coefficient (Wildman–Crippen LogP) is 3.16. The first kappa shape index (κ1) is 18.4. The van der Waals surface area contributed by atoms with Crippen LogP contribution in [0.15, 0.2) is 42.5 Å². The lowest BCUT2D eigenvalue weighted by Crippen LogP contribution is -2.41. The number of rotatable bonds is 5. The van der Waals surface area contributed by atoms with Crippen LogP contribution in [0.4, 0.5) is 4.39 Å². The van der Waals surface area contributed by atoms with Crippen molar-refractivity contribution in [3.63, 3.8) is 0 Å². The number of halogens is 2. The van der Waals surface area contributed by atoms with Gasteiger partial charge in [0.05, 0.1) is 11.4 Å². The van der Waals surface area contributed by atoms with E-state index < -0.39 is 24.4 Å². The molecule has 136 valence electrons. The molecule has 0 spiro atoms. The number of carboxylic acids is 1. The Morgan fingerprint density at radius 1 is 1.23 bits per heavy atom. The summed E-state index contributed by atoms with van der Waals surface area (Å²) >= 11 is 3.20. The molecule has 1 aliphatic heterocycles. The van der Waals surface area contributed by atoms with Gasteiger partial charge in [-0.25, -0.2) is 9.18 Å². The first-order chi connectivity index (χ1) is 12.5. The normalized spacial score (nSPS) is 16.1. The molecule has 0 radical (unpaired) electrons. The van der Waals surface area contributed by atoms with Crippen molar-refractivity contribution in [2.24, 2.45) is 0 Å². The summed E-state index contributed by atoms with van der Waals surface area (Å²) < 4.78 is 19.4. The Kier molecular flexibility index (Phi) is 5.56. The predicted molar refractivity (Wildman–Crippen MR) is 97.0 cm³/mol. The summed E-state index contributed by atoms with van der Waals surface area (Å²) in [7, 11) is 0. The van der Waals surface area contributed by atoms with Gasteiger partial charge in [0.1, 0.15) is 11.6 Å². The second-order valence-electron chi connectivity index (χ2n) is 5.94. The Bertz CT molecular complexity index is 842.